The van der Waals surface area contributed by atoms with Crippen LogP contribution in [0.1, 0.15) is 17.2 Å². The molecule has 1 N–H and O–H groups in total. The van der Waals surface area contributed by atoms with Crippen molar-refractivity contribution in [1.29, 1.82) is 0 Å². The standard InChI is InChI=1S/C17H16O3/c1-19-17-7-6-14(13-4-2-3-5-15(13)17)16(18)10-12-8-9-20-11-12/h2-9,11,16,18H,10H2,1H3. The topological polar surface area (TPSA) is 42.6 Å². The van der Waals surface area contributed by atoms with E-state index in [0.29, 0.717) is 6.42 Å². The molecule has 1 heterocycles. The van der Waals surface area contributed by atoms with E-state index in [9.17, 15) is 5.11 Å². The molecule has 3 heteroatoms. The number of benzene rings is 2. The molecule has 0 aliphatic heterocycles. The van der Waals surface area contributed by atoms with Crippen molar-refractivity contribution in [2.45, 2.75) is 12.5 Å². The highest BCUT2D eigenvalue weighted by atomic mass is 16.5. The van der Waals surface area contributed by atoms with Gasteiger partial charge in [0.25, 0.3) is 0 Å². The molecule has 102 valence electrons. The van der Waals surface area contributed by atoms with Gasteiger partial charge in [0, 0.05) is 11.8 Å². The summed E-state index contributed by atoms with van der Waals surface area (Å²) in [5, 5.41) is 12.5. The van der Waals surface area contributed by atoms with Crippen LogP contribution in [0, 0.1) is 0 Å². The summed E-state index contributed by atoms with van der Waals surface area (Å²) in [6.45, 7) is 0. The molecule has 1 unspecified atom stereocenters. The van der Waals surface area contributed by atoms with Gasteiger partial charge < -0.3 is 14.3 Å². The predicted octanol–water partition coefficient (Wildman–Crippen LogP) is 3.72. The maximum absolute atomic E-state index is 10.5. The average Bonchev–Trinajstić information content (AvgIpc) is 2.99. The van der Waals surface area contributed by atoms with Crippen LogP contribution in [-0.2, 0) is 6.42 Å². The van der Waals surface area contributed by atoms with Crippen molar-refractivity contribution in [2.24, 2.45) is 0 Å². The first-order valence-corrected chi connectivity index (χ1v) is 6.54. The molecule has 1 atom stereocenters. The van der Waals surface area contributed by atoms with Gasteiger partial charge in [-0.3, -0.25) is 0 Å². The molecular weight excluding hydrogens is 252 g/mol. The third-order valence-corrected chi connectivity index (χ3v) is 3.51. The highest BCUT2D eigenvalue weighted by Crippen LogP contribution is 2.32. The van der Waals surface area contributed by atoms with Crippen LogP contribution in [0.2, 0.25) is 0 Å². The third-order valence-electron chi connectivity index (χ3n) is 3.51. The quantitative estimate of drug-likeness (QED) is 0.784. The van der Waals surface area contributed by atoms with Crippen LogP contribution in [0.5, 0.6) is 5.75 Å². The molecule has 3 nitrogen and oxygen atoms in total. The number of aliphatic hydroxyl groups excluding tert-OH is 1. The Morgan fingerprint density at radius 2 is 1.90 bits per heavy atom. The zero-order chi connectivity index (χ0) is 13.9. The van der Waals surface area contributed by atoms with Crippen molar-refractivity contribution in [2.75, 3.05) is 7.11 Å². The van der Waals surface area contributed by atoms with Gasteiger partial charge in [-0.2, -0.15) is 0 Å². The van der Waals surface area contributed by atoms with E-state index < -0.39 is 6.10 Å². The van der Waals surface area contributed by atoms with E-state index in [0.717, 1.165) is 27.6 Å². The van der Waals surface area contributed by atoms with E-state index in [-0.39, 0.29) is 0 Å². The van der Waals surface area contributed by atoms with Gasteiger partial charge in [0.1, 0.15) is 5.75 Å². The summed E-state index contributed by atoms with van der Waals surface area (Å²) in [7, 11) is 1.66. The Labute approximate surface area is 117 Å². The molecule has 0 spiro atoms. The van der Waals surface area contributed by atoms with Crippen molar-refractivity contribution in [3.05, 3.63) is 66.1 Å². The van der Waals surface area contributed by atoms with E-state index in [1.165, 1.54) is 0 Å². The van der Waals surface area contributed by atoms with Gasteiger partial charge in [0.2, 0.25) is 0 Å². The Kier molecular flexibility index (Phi) is 3.44. The van der Waals surface area contributed by atoms with Gasteiger partial charge in [-0.1, -0.05) is 30.3 Å². The molecular formula is C17H16O3. The molecule has 0 bridgehead atoms. The number of hydrogen-bond donors (Lipinski definition) is 1. The molecule has 2 aromatic carbocycles. The number of furan rings is 1. The van der Waals surface area contributed by atoms with Gasteiger partial charge in [0.05, 0.1) is 25.7 Å². The summed E-state index contributed by atoms with van der Waals surface area (Å²) in [6.07, 6.45) is 3.25. The number of ether oxygens (including phenoxy) is 1. The first kappa shape index (κ1) is 12.8. The molecule has 0 amide bonds. The summed E-state index contributed by atoms with van der Waals surface area (Å²) >= 11 is 0. The SMILES string of the molecule is COc1ccc(C(O)Cc2ccoc2)c2ccccc12. The fraction of sp³-hybridized carbons (Fsp3) is 0.176. The van der Waals surface area contributed by atoms with Crippen molar-refractivity contribution >= 4 is 10.8 Å². The molecule has 20 heavy (non-hydrogen) atoms. The summed E-state index contributed by atoms with van der Waals surface area (Å²) < 4.78 is 10.4. The number of hydrogen-bond acceptors (Lipinski definition) is 3. The normalized spacial score (nSPS) is 12.5. The lowest BCUT2D eigenvalue weighted by molar-refractivity contribution is 0.179. The molecule has 0 fully saturated rings. The minimum Gasteiger partial charge on any atom is -0.496 e. The minimum atomic E-state index is -0.566. The lowest BCUT2D eigenvalue weighted by Crippen LogP contribution is -2.02. The molecule has 0 radical (unpaired) electrons. The Bertz CT molecular complexity index is 701. The molecule has 0 aliphatic rings. The van der Waals surface area contributed by atoms with Crippen LogP contribution in [0.3, 0.4) is 0 Å². The molecule has 3 rings (SSSR count). The Balaban J connectivity index is 2.03. The maximum Gasteiger partial charge on any atom is 0.126 e. The Morgan fingerprint density at radius 1 is 1.10 bits per heavy atom. The van der Waals surface area contributed by atoms with Crippen LogP contribution in [0.4, 0.5) is 0 Å². The number of rotatable bonds is 4. The number of methoxy groups -OCH3 is 1. The first-order chi connectivity index (χ1) is 9.79. The summed E-state index contributed by atoms with van der Waals surface area (Å²) in [6, 6.07) is 13.6. The van der Waals surface area contributed by atoms with E-state index in [2.05, 4.69) is 0 Å². The van der Waals surface area contributed by atoms with Crippen molar-refractivity contribution < 1.29 is 14.3 Å². The Hall–Kier alpha value is -2.26. The summed E-state index contributed by atoms with van der Waals surface area (Å²) in [5.74, 6) is 0.819. The second-order valence-electron chi connectivity index (χ2n) is 4.75. The third kappa shape index (κ3) is 2.28. The lowest BCUT2D eigenvalue weighted by atomic mass is 9.96. The van der Waals surface area contributed by atoms with Crippen molar-refractivity contribution in [3.63, 3.8) is 0 Å². The zero-order valence-corrected chi connectivity index (χ0v) is 11.2. The zero-order valence-electron chi connectivity index (χ0n) is 11.2. The molecule has 0 saturated carbocycles. The van der Waals surface area contributed by atoms with Gasteiger partial charge in [-0.05, 0) is 28.6 Å². The van der Waals surface area contributed by atoms with Crippen molar-refractivity contribution in [3.8, 4) is 5.75 Å². The first-order valence-electron chi connectivity index (χ1n) is 6.54. The fourth-order valence-corrected chi connectivity index (χ4v) is 2.51. The minimum absolute atomic E-state index is 0.535. The van der Waals surface area contributed by atoms with Gasteiger partial charge in [-0.25, -0.2) is 0 Å². The van der Waals surface area contributed by atoms with E-state index in [4.69, 9.17) is 9.15 Å². The average molecular weight is 268 g/mol. The largest absolute Gasteiger partial charge is 0.496 e. The Morgan fingerprint density at radius 3 is 2.60 bits per heavy atom. The summed E-state index contributed by atoms with van der Waals surface area (Å²) in [4.78, 5) is 0. The summed E-state index contributed by atoms with van der Waals surface area (Å²) in [5.41, 5.74) is 1.89. The van der Waals surface area contributed by atoms with Gasteiger partial charge in [0.15, 0.2) is 0 Å². The number of fused-ring (bicyclic) bond motifs is 1. The second kappa shape index (κ2) is 5.39. The molecule has 0 saturated heterocycles. The van der Waals surface area contributed by atoms with Crippen LogP contribution in [0.25, 0.3) is 10.8 Å². The van der Waals surface area contributed by atoms with Gasteiger partial charge >= 0.3 is 0 Å². The molecule has 1 aromatic heterocycles. The van der Waals surface area contributed by atoms with Gasteiger partial charge in [-0.15, -0.1) is 0 Å². The van der Waals surface area contributed by atoms with Crippen LogP contribution in [-0.4, -0.2) is 12.2 Å². The monoisotopic (exact) mass is 268 g/mol. The maximum atomic E-state index is 10.5. The predicted molar refractivity (Wildman–Crippen MR) is 77.9 cm³/mol. The smallest absolute Gasteiger partial charge is 0.126 e. The fourth-order valence-electron chi connectivity index (χ4n) is 2.51. The second-order valence-corrected chi connectivity index (χ2v) is 4.75. The van der Waals surface area contributed by atoms with E-state index in [1.807, 2.05) is 42.5 Å². The van der Waals surface area contributed by atoms with Crippen LogP contribution >= 0.6 is 0 Å². The van der Waals surface area contributed by atoms with E-state index >= 15 is 0 Å². The molecule has 3 aromatic rings. The van der Waals surface area contributed by atoms with Crippen LogP contribution in [0.15, 0.2) is 59.4 Å². The lowest BCUT2D eigenvalue weighted by Gasteiger charge is -2.15. The molecule has 0 aliphatic carbocycles. The number of aliphatic hydroxyl groups is 1. The van der Waals surface area contributed by atoms with E-state index in [1.54, 1.807) is 19.6 Å². The highest BCUT2D eigenvalue weighted by molar-refractivity contribution is 5.91. The van der Waals surface area contributed by atoms with Crippen molar-refractivity contribution in [1.82, 2.24) is 0 Å². The van der Waals surface area contributed by atoms with Crippen LogP contribution < -0.4 is 4.74 Å². The highest BCUT2D eigenvalue weighted by Gasteiger charge is 2.14.